The predicted molar refractivity (Wildman–Crippen MR) is 88.8 cm³/mol. The van der Waals surface area contributed by atoms with E-state index in [9.17, 15) is 4.79 Å². The minimum Gasteiger partial charge on any atom is -0.497 e. The van der Waals surface area contributed by atoms with Crippen LogP contribution in [0, 0.1) is 5.41 Å². The van der Waals surface area contributed by atoms with Crippen LogP contribution in [0.2, 0.25) is 0 Å². The fourth-order valence-electron chi connectivity index (χ4n) is 1.82. The Bertz CT molecular complexity index is 486. The highest BCUT2D eigenvalue weighted by molar-refractivity contribution is 5.78. The fourth-order valence-corrected chi connectivity index (χ4v) is 1.82. The monoisotopic (exact) mass is 305 g/mol. The number of nitrogens with one attached hydrogen (secondary N) is 1. The van der Waals surface area contributed by atoms with E-state index in [2.05, 4.69) is 26.1 Å². The van der Waals surface area contributed by atoms with Crippen LogP contribution in [0.3, 0.4) is 0 Å². The third-order valence-corrected chi connectivity index (χ3v) is 3.01. The summed E-state index contributed by atoms with van der Waals surface area (Å²) in [4.78, 5) is 12.0. The first-order valence-corrected chi connectivity index (χ1v) is 7.58. The molecule has 4 nitrogen and oxygen atoms in total. The molecule has 0 spiro atoms. The second kappa shape index (κ2) is 8.59. The van der Waals surface area contributed by atoms with E-state index in [1.807, 2.05) is 43.3 Å². The molecule has 0 aliphatic rings. The van der Waals surface area contributed by atoms with Crippen LogP contribution >= 0.6 is 0 Å². The van der Waals surface area contributed by atoms with Crippen molar-refractivity contribution in [1.29, 1.82) is 0 Å². The third-order valence-electron chi connectivity index (χ3n) is 3.01. The van der Waals surface area contributed by atoms with Gasteiger partial charge < -0.3 is 9.47 Å². The van der Waals surface area contributed by atoms with E-state index in [4.69, 9.17) is 9.47 Å². The molecule has 0 radical (unpaired) electrons. The number of allylic oxidation sites excluding steroid dienone is 1. The first-order chi connectivity index (χ1) is 10.4. The third kappa shape index (κ3) is 6.76. The van der Waals surface area contributed by atoms with Crippen LogP contribution in [0.5, 0.6) is 5.75 Å². The lowest BCUT2D eigenvalue weighted by Crippen LogP contribution is -2.36. The average Bonchev–Trinajstić information content (AvgIpc) is 2.47. The maximum absolute atomic E-state index is 12.0. The van der Waals surface area contributed by atoms with Crippen molar-refractivity contribution in [3.8, 4) is 5.75 Å². The molecule has 122 valence electrons. The Morgan fingerprint density at radius 2 is 1.91 bits per heavy atom. The Balaban J connectivity index is 2.70. The zero-order valence-electron chi connectivity index (χ0n) is 14.2. The van der Waals surface area contributed by atoms with Crippen molar-refractivity contribution in [3.05, 3.63) is 42.0 Å². The standard InChI is InChI=1S/C18H27NO3/c1-6-22-17(20)16(11-12-18(2,3)4)19-13-14-7-9-15(21-5)10-8-14/h7-12,16,19H,6,13H2,1-5H3. The molecule has 0 bridgehead atoms. The number of rotatable bonds is 7. The van der Waals surface area contributed by atoms with Gasteiger partial charge in [0.2, 0.25) is 0 Å². The minimum atomic E-state index is -0.443. The zero-order valence-corrected chi connectivity index (χ0v) is 14.2. The summed E-state index contributed by atoms with van der Waals surface area (Å²) in [5.41, 5.74) is 1.10. The number of hydrogen-bond acceptors (Lipinski definition) is 4. The Hall–Kier alpha value is -1.81. The molecule has 4 heteroatoms. The fraction of sp³-hybridized carbons (Fsp3) is 0.500. The molecule has 1 unspecified atom stereocenters. The normalized spacial score (nSPS) is 13.1. The van der Waals surface area contributed by atoms with Gasteiger partial charge >= 0.3 is 5.97 Å². The average molecular weight is 305 g/mol. The van der Waals surface area contributed by atoms with Gasteiger partial charge in [0.25, 0.3) is 0 Å². The van der Waals surface area contributed by atoms with E-state index in [0.717, 1.165) is 11.3 Å². The van der Waals surface area contributed by atoms with Crippen LogP contribution in [-0.2, 0) is 16.1 Å². The summed E-state index contributed by atoms with van der Waals surface area (Å²) in [6.45, 7) is 9.05. The maximum Gasteiger partial charge on any atom is 0.327 e. The molecule has 1 aromatic rings. The summed E-state index contributed by atoms with van der Waals surface area (Å²) in [7, 11) is 1.64. The topological polar surface area (TPSA) is 47.6 Å². The largest absolute Gasteiger partial charge is 0.497 e. The van der Waals surface area contributed by atoms with Gasteiger partial charge in [-0.25, -0.2) is 0 Å². The molecule has 0 heterocycles. The second-order valence-corrected chi connectivity index (χ2v) is 6.18. The lowest BCUT2D eigenvalue weighted by molar-refractivity contribution is -0.144. The van der Waals surface area contributed by atoms with E-state index in [1.54, 1.807) is 7.11 Å². The van der Waals surface area contributed by atoms with E-state index in [1.165, 1.54) is 0 Å². The van der Waals surface area contributed by atoms with Crippen molar-refractivity contribution in [2.45, 2.75) is 40.3 Å². The maximum atomic E-state index is 12.0. The number of hydrogen-bond donors (Lipinski definition) is 1. The van der Waals surface area contributed by atoms with Crippen LogP contribution in [0.4, 0.5) is 0 Å². The highest BCUT2D eigenvalue weighted by atomic mass is 16.5. The van der Waals surface area contributed by atoms with Crippen molar-refractivity contribution in [2.24, 2.45) is 5.41 Å². The van der Waals surface area contributed by atoms with Crippen molar-refractivity contribution in [2.75, 3.05) is 13.7 Å². The molecule has 1 N–H and O–H groups in total. The number of carbonyl (C=O) groups is 1. The molecule has 0 amide bonds. The summed E-state index contributed by atoms with van der Waals surface area (Å²) in [5, 5.41) is 3.23. The highest BCUT2D eigenvalue weighted by Crippen LogP contribution is 2.15. The van der Waals surface area contributed by atoms with E-state index < -0.39 is 6.04 Å². The molecule has 0 fully saturated rings. The number of benzene rings is 1. The van der Waals surface area contributed by atoms with Gasteiger partial charge in [-0.2, -0.15) is 0 Å². The Labute approximate surface area is 133 Å². The summed E-state index contributed by atoms with van der Waals surface area (Å²) in [5.74, 6) is 0.565. The Morgan fingerprint density at radius 3 is 2.41 bits per heavy atom. The van der Waals surface area contributed by atoms with Crippen molar-refractivity contribution < 1.29 is 14.3 Å². The SMILES string of the molecule is CCOC(=O)C(C=CC(C)(C)C)NCc1ccc(OC)cc1. The van der Waals surface area contributed by atoms with Gasteiger partial charge in [0, 0.05) is 6.54 Å². The molecule has 0 saturated heterocycles. The van der Waals surface area contributed by atoms with Gasteiger partial charge in [-0.15, -0.1) is 0 Å². The molecule has 0 aromatic heterocycles. The first kappa shape index (κ1) is 18.2. The smallest absolute Gasteiger partial charge is 0.327 e. The van der Waals surface area contributed by atoms with Crippen molar-refractivity contribution in [1.82, 2.24) is 5.32 Å². The number of esters is 1. The summed E-state index contributed by atoms with van der Waals surface area (Å²) >= 11 is 0. The Kier molecular flexibility index (Phi) is 7.12. The second-order valence-electron chi connectivity index (χ2n) is 6.18. The number of ether oxygens (including phenoxy) is 2. The highest BCUT2D eigenvalue weighted by Gasteiger charge is 2.17. The molecule has 1 aromatic carbocycles. The van der Waals surface area contributed by atoms with Gasteiger partial charge in [0.1, 0.15) is 11.8 Å². The van der Waals surface area contributed by atoms with Crippen LogP contribution in [0.1, 0.15) is 33.3 Å². The van der Waals surface area contributed by atoms with E-state index >= 15 is 0 Å². The number of carbonyl (C=O) groups excluding carboxylic acids is 1. The van der Waals surface area contributed by atoms with Gasteiger partial charge in [-0.05, 0) is 30.0 Å². The molecule has 0 aliphatic heterocycles. The van der Waals surface area contributed by atoms with Crippen LogP contribution in [0.15, 0.2) is 36.4 Å². The molecule has 0 aliphatic carbocycles. The first-order valence-electron chi connectivity index (χ1n) is 7.58. The summed E-state index contributed by atoms with van der Waals surface area (Å²) < 4.78 is 10.3. The van der Waals surface area contributed by atoms with E-state index in [-0.39, 0.29) is 11.4 Å². The van der Waals surface area contributed by atoms with Crippen LogP contribution in [0.25, 0.3) is 0 Å². The lowest BCUT2D eigenvalue weighted by atomic mass is 9.95. The molecular formula is C18H27NO3. The lowest BCUT2D eigenvalue weighted by Gasteiger charge is -2.17. The van der Waals surface area contributed by atoms with Crippen molar-refractivity contribution >= 4 is 5.97 Å². The van der Waals surface area contributed by atoms with Gasteiger partial charge in [0.05, 0.1) is 13.7 Å². The van der Waals surface area contributed by atoms with Gasteiger partial charge in [-0.3, -0.25) is 10.1 Å². The molecule has 1 atom stereocenters. The quantitative estimate of drug-likeness (QED) is 0.620. The Morgan fingerprint density at radius 1 is 1.27 bits per heavy atom. The summed E-state index contributed by atoms with van der Waals surface area (Å²) in [6, 6.07) is 7.31. The molecule has 0 saturated carbocycles. The predicted octanol–water partition coefficient (Wildman–Crippen LogP) is 3.32. The molecule has 1 rings (SSSR count). The minimum absolute atomic E-state index is 0.0204. The van der Waals surface area contributed by atoms with Crippen LogP contribution < -0.4 is 10.1 Å². The van der Waals surface area contributed by atoms with Gasteiger partial charge in [0.15, 0.2) is 0 Å². The van der Waals surface area contributed by atoms with Crippen LogP contribution in [-0.4, -0.2) is 25.7 Å². The molecular weight excluding hydrogens is 278 g/mol. The van der Waals surface area contributed by atoms with Crippen molar-refractivity contribution in [3.63, 3.8) is 0 Å². The van der Waals surface area contributed by atoms with E-state index in [0.29, 0.717) is 13.2 Å². The van der Waals surface area contributed by atoms with Gasteiger partial charge in [-0.1, -0.05) is 45.1 Å². The summed E-state index contributed by atoms with van der Waals surface area (Å²) in [6.07, 6.45) is 3.90. The zero-order chi connectivity index (χ0) is 16.6. The number of methoxy groups -OCH3 is 1. The molecule has 22 heavy (non-hydrogen) atoms.